The quantitative estimate of drug-likeness (QED) is 0.632. The van der Waals surface area contributed by atoms with Gasteiger partial charge in [-0.25, -0.2) is 0 Å². The lowest BCUT2D eigenvalue weighted by Crippen LogP contribution is -2.15. The molecule has 0 atom stereocenters. The Balaban J connectivity index is 2.63. The van der Waals surface area contributed by atoms with Crippen molar-refractivity contribution >= 4 is 5.57 Å². The smallest absolute Gasteiger partial charge is 0.130 e. The molecule has 0 saturated heterocycles. The number of hydrogen-bond donors (Lipinski definition) is 0. The van der Waals surface area contributed by atoms with Crippen LogP contribution < -0.4 is 4.74 Å². The van der Waals surface area contributed by atoms with Gasteiger partial charge in [-0.2, -0.15) is 0 Å². The normalized spacial score (nSPS) is 20.0. The summed E-state index contributed by atoms with van der Waals surface area (Å²) in [6, 6.07) is 6.37. The fraction of sp³-hybridized carbons (Fsp3) is 0.333. The van der Waals surface area contributed by atoms with Gasteiger partial charge in [-0.15, -0.1) is 0 Å². The monoisotopic (exact) mass is 294 g/mol. The Kier molecular flexibility index (Phi) is 5.07. The van der Waals surface area contributed by atoms with Gasteiger partial charge in [0.05, 0.1) is 6.61 Å². The summed E-state index contributed by atoms with van der Waals surface area (Å²) in [5.41, 5.74) is 4.49. The molecule has 1 nitrogen and oxygen atoms in total. The van der Waals surface area contributed by atoms with Crippen molar-refractivity contribution in [3.8, 4) is 5.75 Å². The molecule has 0 spiro atoms. The summed E-state index contributed by atoms with van der Waals surface area (Å²) < 4.78 is 6.16. The van der Waals surface area contributed by atoms with Crippen molar-refractivity contribution in [2.45, 2.75) is 39.5 Å². The van der Waals surface area contributed by atoms with Crippen LogP contribution in [0, 0.1) is 0 Å². The second kappa shape index (κ2) is 6.83. The molecular formula is C21H26O. The molecule has 0 amide bonds. The van der Waals surface area contributed by atoms with Gasteiger partial charge in [-0.1, -0.05) is 75.9 Å². The lowest BCUT2D eigenvalue weighted by molar-refractivity contribution is 0.314. The minimum atomic E-state index is 0.0378. The molecule has 0 bridgehead atoms. The molecule has 0 aromatic heterocycles. The van der Waals surface area contributed by atoms with Crippen molar-refractivity contribution in [3.63, 3.8) is 0 Å². The molecule has 1 aliphatic heterocycles. The Hall–Kier alpha value is -2.02. The van der Waals surface area contributed by atoms with Crippen molar-refractivity contribution in [2.75, 3.05) is 6.61 Å². The number of benzene rings is 1. The van der Waals surface area contributed by atoms with Crippen LogP contribution in [0.1, 0.15) is 45.2 Å². The van der Waals surface area contributed by atoms with Crippen molar-refractivity contribution in [3.05, 3.63) is 71.9 Å². The van der Waals surface area contributed by atoms with E-state index in [9.17, 15) is 0 Å². The highest BCUT2D eigenvalue weighted by Crippen LogP contribution is 2.39. The second-order valence-corrected chi connectivity index (χ2v) is 6.60. The molecule has 2 rings (SSSR count). The molecular weight excluding hydrogens is 268 g/mol. The van der Waals surface area contributed by atoms with Crippen LogP contribution in [0.4, 0.5) is 0 Å². The van der Waals surface area contributed by atoms with E-state index in [2.05, 4.69) is 69.9 Å². The second-order valence-electron chi connectivity index (χ2n) is 6.60. The molecule has 0 saturated carbocycles. The van der Waals surface area contributed by atoms with Gasteiger partial charge in [-0.3, -0.25) is 0 Å². The third-order valence-corrected chi connectivity index (χ3v) is 3.79. The average Bonchev–Trinajstić information content (AvgIpc) is 2.47. The molecule has 0 aliphatic carbocycles. The van der Waals surface area contributed by atoms with E-state index in [-0.39, 0.29) is 5.41 Å². The predicted molar refractivity (Wildman–Crippen MR) is 96.3 cm³/mol. The molecule has 1 aliphatic rings. The van der Waals surface area contributed by atoms with Gasteiger partial charge in [0.1, 0.15) is 5.75 Å². The van der Waals surface area contributed by atoms with Gasteiger partial charge in [-0.05, 0) is 29.9 Å². The van der Waals surface area contributed by atoms with Gasteiger partial charge in [0.15, 0.2) is 0 Å². The largest absolute Gasteiger partial charge is 0.492 e. The van der Waals surface area contributed by atoms with Crippen LogP contribution in [0.25, 0.3) is 5.57 Å². The van der Waals surface area contributed by atoms with Gasteiger partial charge in [0.25, 0.3) is 0 Å². The number of ether oxygens (including phenoxy) is 1. The first-order valence-electron chi connectivity index (χ1n) is 7.90. The van der Waals surface area contributed by atoms with E-state index in [0.717, 1.165) is 28.9 Å². The van der Waals surface area contributed by atoms with Crippen LogP contribution in [0.5, 0.6) is 5.75 Å². The lowest BCUT2D eigenvalue weighted by atomic mass is 9.83. The van der Waals surface area contributed by atoms with E-state index >= 15 is 0 Å². The molecule has 116 valence electrons. The van der Waals surface area contributed by atoms with E-state index in [1.165, 1.54) is 5.56 Å². The molecule has 1 heterocycles. The molecule has 22 heavy (non-hydrogen) atoms. The van der Waals surface area contributed by atoms with E-state index in [1.807, 2.05) is 13.0 Å². The van der Waals surface area contributed by atoms with Crippen LogP contribution in [0.2, 0.25) is 0 Å². The molecule has 0 unspecified atom stereocenters. The van der Waals surface area contributed by atoms with E-state index in [4.69, 9.17) is 4.74 Å². The van der Waals surface area contributed by atoms with E-state index < -0.39 is 0 Å². The summed E-state index contributed by atoms with van der Waals surface area (Å²) in [7, 11) is 0. The van der Waals surface area contributed by atoms with E-state index in [0.29, 0.717) is 6.61 Å². The zero-order valence-electron chi connectivity index (χ0n) is 14.1. The molecule has 1 heteroatoms. The summed E-state index contributed by atoms with van der Waals surface area (Å²) >= 11 is 0. The standard InChI is InChI=1S/C21H26O/c1-6-11-17-12-8-7-9-15-22-20-18(16(17)2)13-10-14-19(20)21(3,4)5/h6-8,10-14H,2,9,15H2,1,3-5H3/b8-7-,11-6-,17-12-. The zero-order valence-corrected chi connectivity index (χ0v) is 14.1. The maximum absolute atomic E-state index is 6.16. The van der Waals surface area contributed by atoms with Gasteiger partial charge in [0.2, 0.25) is 0 Å². The molecule has 1 aromatic carbocycles. The Labute approximate surface area is 134 Å². The minimum absolute atomic E-state index is 0.0378. The fourth-order valence-electron chi connectivity index (χ4n) is 2.61. The molecule has 0 fully saturated rings. The Morgan fingerprint density at radius 1 is 1.23 bits per heavy atom. The van der Waals surface area contributed by atoms with Crippen LogP contribution in [0.3, 0.4) is 0 Å². The Morgan fingerprint density at radius 3 is 2.68 bits per heavy atom. The number of hydrogen-bond acceptors (Lipinski definition) is 1. The Morgan fingerprint density at radius 2 is 2.00 bits per heavy atom. The Bertz CT molecular complexity index is 636. The topological polar surface area (TPSA) is 9.23 Å². The SMILES string of the molecule is C=C1C(/C=C\C)=C\C=C/CCOc2c1cccc2C(C)(C)C. The minimum Gasteiger partial charge on any atom is -0.492 e. The van der Waals surface area contributed by atoms with Crippen molar-refractivity contribution in [1.29, 1.82) is 0 Å². The van der Waals surface area contributed by atoms with Crippen molar-refractivity contribution in [2.24, 2.45) is 0 Å². The summed E-state index contributed by atoms with van der Waals surface area (Å²) in [4.78, 5) is 0. The molecule has 0 radical (unpaired) electrons. The van der Waals surface area contributed by atoms with Crippen molar-refractivity contribution in [1.82, 2.24) is 0 Å². The van der Waals surface area contributed by atoms with Gasteiger partial charge in [0, 0.05) is 11.1 Å². The maximum atomic E-state index is 6.16. The van der Waals surface area contributed by atoms with Crippen molar-refractivity contribution < 1.29 is 4.74 Å². The summed E-state index contributed by atoms with van der Waals surface area (Å²) in [6.07, 6.45) is 11.4. The highest BCUT2D eigenvalue weighted by atomic mass is 16.5. The van der Waals surface area contributed by atoms with E-state index in [1.54, 1.807) is 0 Å². The molecule has 0 N–H and O–H groups in total. The average molecular weight is 294 g/mol. The number of allylic oxidation sites excluding steroid dienone is 6. The van der Waals surface area contributed by atoms with Gasteiger partial charge < -0.3 is 4.74 Å². The predicted octanol–water partition coefficient (Wildman–Crippen LogP) is 5.84. The number of para-hydroxylation sites is 1. The first-order chi connectivity index (χ1) is 10.4. The summed E-state index contributed by atoms with van der Waals surface area (Å²) in [5, 5.41) is 0. The molecule has 1 aromatic rings. The maximum Gasteiger partial charge on any atom is 0.130 e. The third-order valence-electron chi connectivity index (χ3n) is 3.79. The first kappa shape index (κ1) is 16.4. The highest BCUT2D eigenvalue weighted by Gasteiger charge is 2.22. The number of rotatable bonds is 1. The fourth-order valence-corrected chi connectivity index (χ4v) is 2.61. The first-order valence-corrected chi connectivity index (χ1v) is 7.90. The highest BCUT2D eigenvalue weighted by molar-refractivity contribution is 5.84. The third kappa shape index (κ3) is 3.59. The summed E-state index contributed by atoms with van der Waals surface area (Å²) in [5.74, 6) is 0.978. The summed E-state index contributed by atoms with van der Waals surface area (Å²) in [6.45, 7) is 13.7. The zero-order chi connectivity index (χ0) is 16.2. The van der Waals surface area contributed by atoms with Crippen LogP contribution >= 0.6 is 0 Å². The lowest BCUT2D eigenvalue weighted by Gasteiger charge is -2.26. The van der Waals surface area contributed by atoms with Crippen LogP contribution in [-0.2, 0) is 5.41 Å². The van der Waals surface area contributed by atoms with Crippen LogP contribution in [0.15, 0.2) is 60.7 Å². The van der Waals surface area contributed by atoms with Crippen LogP contribution in [-0.4, -0.2) is 6.61 Å². The van der Waals surface area contributed by atoms with Gasteiger partial charge >= 0.3 is 0 Å². The number of fused-ring (bicyclic) bond motifs is 1.